The summed E-state index contributed by atoms with van der Waals surface area (Å²) in [6, 6.07) is 2.02. The van der Waals surface area contributed by atoms with Gasteiger partial charge in [0.05, 0.1) is 17.0 Å². The van der Waals surface area contributed by atoms with Gasteiger partial charge in [-0.2, -0.15) is 13.2 Å². The molecule has 1 atom stereocenters. The predicted molar refractivity (Wildman–Crippen MR) is 89.6 cm³/mol. The Kier molecular flexibility index (Phi) is 5.86. The van der Waals surface area contributed by atoms with Crippen LogP contribution in [0.3, 0.4) is 0 Å². The van der Waals surface area contributed by atoms with Crippen LogP contribution in [0.15, 0.2) is 18.2 Å². The van der Waals surface area contributed by atoms with Gasteiger partial charge in [-0.25, -0.2) is 4.79 Å². The predicted octanol–water partition coefficient (Wildman–Crippen LogP) is 4.39. The molecule has 0 saturated carbocycles. The number of halogens is 3. The number of alkyl halides is 3. The Morgan fingerprint density at radius 1 is 1.30 bits per heavy atom. The van der Waals surface area contributed by atoms with Crippen LogP contribution in [0.5, 0.6) is 5.75 Å². The molecule has 27 heavy (non-hydrogen) atoms. The molecule has 1 fully saturated rings. The van der Waals surface area contributed by atoms with E-state index in [0.29, 0.717) is 31.5 Å². The molecule has 1 saturated heterocycles. The Balaban J connectivity index is 2.18. The zero-order valence-electron chi connectivity index (χ0n) is 15.2. The molecule has 10 heteroatoms. The third-order valence-electron chi connectivity index (χ3n) is 3.81. The first kappa shape index (κ1) is 20.8. The van der Waals surface area contributed by atoms with Crippen LogP contribution in [0.2, 0.25) is 0 Å². The minimum atomic E-state index is -4.65. The van der Waals surface area contributed by atoms with Gasteiger partial charge in [-0.15, -0.1) is 0 Å². The lowest BCUT2D eigenvalue weighted by atomic mass is 10.1. The van der Waals surface area contributed by atoms with Crippen LogP contribution < -0.4 is 4.74 Å². The van der Waals surface area contributed by atoms with E-state index in [2.05, 4.69) is 0 Å². The molecular formula is C17H21F3N2O5. The molecule has 0 aliphatic carbocycles. The Labute approximate surface area is 154 Å². The van der Waals surface area contributed by atoms with Crippen LogP contribution in [0.4, 0.5) is 23.7 Å². The summed E-state index contributed by atoms with van der Waals surface area (Å²) in [5, 5.41) is 11.1. The Hall–Kier alpha value is -2.52. The molecule has 7 nitrogen and oxygen atoms in total. The smallest absolute Gasteiger partial charge is 0.416 e. The molecule has 0 aromatic heterocycles. The van der Waals surface area contributed by atoms with E-state index < -0.39 is 45.9 Å². The minimum absolute atomic E-state index is 0.0717. The summed E-state index contributed by atoms with van der Waals surface area (Å²) in [7, 11) is 0. The monoisotopic (exact) mass is 390 g/mol. The fourth-order valence-electron chi connectivity index (χ4n) is 2.64. The molecule has 1 aromatic carbocycles. The summed E-state index contributed by atoms with van der Waals surface area (Å²) in [4.78, 5) is 23.9. The average Bonchev–Trinajstić information content (AvgIpc) is 2.52. The van der Waals surface area contributed by atoms with Crippen molar-refractivity contribution in [1.29, 1.82) is 0 Å². The van der Waals surface area contributed by atoms with Gasteiger partial charge in [0, 0.05) is 12.6 Å². The van der Waals surface area contributed by atoms with Gasteiger partial charge in [0.15, 0.2) is 5.75 Å². The molecule has 1 aliphatic heterocycles. The summed E-state index contributed by atoms with van der Waals surface area (Å²) in [6.45, 7) is 5.64. The number of nitro groups is 1. The second-order valence-electron chi connectivity index (χ2n) is 7.25. The maximum absolute atomic E-state index is 12.9. The standard InChI is InChI=1S/C17H21F3N2O5/c1-16(2,3)27-15(23)21-8-4-5-12(10-21)26-14-9-11(17(18,19)20)6-7-13(14)22(24)25/h6-7,9,12H,4-5,8,10H2,1-3H3/t12-/m0/s1. The summed E-state index contributed by atoms with van der Waals surface area (Å²) >= 11 is 0. The molecule has 2 rings (SSSR count). The Morgan fingerprint density at radius 2 is 1.96 bits per heavy atom. The molecule has 0 N–H and O–H groups in total. The topological polar surface area (TPSA) is 81.9 Å². The van der Waals surface area contributed by atoms with Crippen molar-refractivity contribution < 1.29 is 32.4 Å². The molecule has 1 amide bonds. The summed E-state index contributed by atoms with van der Waals surface area (Å²) in [5.74, 6) is -0.467. The number of rotatable bonds is 3. The summed E-state index contributed by atoms with van der Waals surface area (Å²) in [5.41, 5.74) is -2.29. The number of piperidine rings is 1. The van der Waals surface area contributed by atoms with Crippen molar-refractivity contribution in [2.45, 2.75) is 51.5 Å². The van der Waals surface area contributed by atoms with Crippen molar-refractivity contribution in [3.8, 4) is 5.75 Å². The zero-order valence-corrected chi connectivity index (χ0v) is 15.2. The van der Waals surface area contributed by atoms with Crippen LogP contribution in [0.25, 0.3) is 0 Å². The lowest BCUT2D eigenvalue weighted by molar-refractivity contribution is -0.386. The van der Waals surface area contributed by atoms with E-state index in [0.717, 1.165) is 6.07 Å². The van der Waals surface area contributed by atoms with E-state index in [9.17, 15) is 28.1 Å². The second kappa shape index (κ2) is 7.61. The number of ether oxygens (including phenoxy) is 2. The quantitative estimate of drug-likeness (QED) is 0.565. The highest BCUT2D eigenvalue weighted by atomic mass is 19.4. The van der Waals surface area contributed by atoms with Crippen LogP contribution >= 0.6 is 0 Å². The summed E-state index contributed by atoms with van der Waals surface area (Å²) < 4.78 is 49.5. The number of hydrogen-bond acceptors (Lipinski definition) is 5. The van der Waals surface area contributed by atoms with Gasteiger partial charge in [0.2, 0.25) is 0 Å². The highest BCUT2D eigenvalue weighted by Gasteiger charge is 2.34. The van der Waals surface area contributed by atoms with E-state index in [-0.39, 0.29) is 6.54 Å². The van der Waals surface area contributed by atoms with Crippen molar-refractivity contribution in [2.75, 3.05) is 13.1 Å². The fraction of sp³-hybridized carbons (Fsp3) is 0.588. The van der Waals surface area contributed by atoms with Crippen LogP contribution in [0, 0.1) is 10.1 Å². The number of nitro benzene ring substituents is 1. The van der Waals surface area contributed by atoms with Gasteiger partial charge in [-0.1, -0.05) is 0 Å². The molecule has 1 heterocycles. The highest BCUT2D eigenvalue weighted by molar-refractivity contribution is 5.68. The molecule has 0 bridgehead atoms. The van der Waals surface area contributed by atoms with Crippen molar-refractivity contribution in [3.05, 3.63) is 33.9 Å². The molecule has 0 radical (unpaired) electrons. The maximum Gasteiger partial charge on any atom is 0.416 e. The Bertz CT molecular complexity index is 716. The second-order valence-corrected chi connectivity index (χ2v) is 7.25. The fourth-order valence-corrected chi connectivity index (χ4v) is 2.64. The number of carbonyl (C=O) groups excluding carboxylic acids is 1. The molecule has 1 aliphatic rings. The number of hydrogen-bond donors (Lipinski definition) is 0. The van der Waals surface area contributed by atoms with Gasteiger partial charge in [-0.05, 0) is 45.7 Å². The van der Waals surface area contributed by atoms with Gasteiger partial charge in [0.25, 0.3) is 0 Å². The van der Waals surface area contributed by atoms with Crippen molar-refractivity contribution in [3.63, 3.8) is 0 Å². The highest BCUT2D eigenvalue weighted by Crippen LogP contribution is 2.37. The first-order chi connectivity index (χ1) is 12.4. The van der Waals surface area contributed by atoms with E-state index >= 15 is 0 Å². The van der Waals surface area contributed by atoms with Crippen LogP contribution in [-0.4, -0.2) is 40.7 Å². The third-order valence-corrected chi connectivity index (χ3v) is 3.81. The normalized spacial score (nSPS) is 18.1. The summed E-state index contributed by atoms with van der Waals surface area (Å²) in [6.07, 6.45) is -4.89. The molecule has 0 spiro atoms. The average molecular weight is 390 g/mol. The number of likely N-dealkylation sites (tertiary alicyclic amines) is 1. The largest absolute Gasteiger partial charge is 0.482 e. The molecule has 1 aromatic rings. The Morgan fingerprint density at radius 3 is 2.52 bits per heavy atom. The number of carbonyl (C=O) groups is 1. The lowest BCUT2D eigenvalue weighted by Crippen LogP contribution is -2.46. The maximum atomic E-state index is 12.9. The van der Waals surface area contributed by atoms with Crippen molar-refractivity contribution in [2.24, 2.45) is 0 Å². The van der Waals surface area contributed by atoms with E-state index in [4.69, 9.17) is 9.47 Å². The van der Waals surface area contributed by atoms with Crippen molar-refractivity contribution in [1.82, 2.24) is 4.90 Å². The van der Waals surface area contributed by atoms with Gasteiger partial charge in [-0.3, -0.25) is 10.1 Å². The zero-order chi connectivity index (χ0) is 20.4. The first-order valence-corrected chi connectivity index (χ1v) is 8.37. The van der Waals surface area contributed by atoms with E-state index in [1.165, 1.54) is 4.90 Å². The van der Waals surface area contributed by atoms with Crippen LogP contribution in [0.1, 0.15) is 39.2 Å². The SMILES string of the molecule is CC(C)(C)OC(=O)N1CCC[C@H](Oc2cc(C(F)(F)F)ccc2[N+](=O)[O-])C1. The van der Waals surface area contributed by atoms with E-state index in [1.807, 2.05) is 0 Å². The molecular weight excluding hydrogens is 369 g/mol. The minimum Gasteiger partial charge on any atom is -0.482 e. The number of nitrogens with zero attached hydrogens (tertiary/aromatic N) is 2. The van der Waals surface area contributed by atoms with Gasteiger partial charge in [0.1, 0.15) is 11.7 Å². The van der Waals surface area contributed by atoms with E-state index in [1.54, 1.807) is 20.8 Å². The van der Waals surface area contributed by atoms with Crippen LogP contribution in [-0.2, 0) is 10.9 Å². The molecule has 150 valence electrons. The first-order valence-electron chi connectivity index (χ1n) is 8.37. The molecule has 0 unspecified atom stereocenters. The lowest BCUT2D eigenvalue weighted by Gasteiger charge is -2.34. The van der Waals surface area contributed by atoms with Gasteiger partial charge < -0.3 is 14.4 Å². The number of amides is 1. The van der Waals surface area contributed by atoms with Gasteiger partial charge >= 0.3 is 18.0 Å². The number of benzene rings is 1. The third kappa shape index (κ3) is 5.73. The van der Waals surface area contributed by atoms with Crippen molar-refractivity contribution >= 4 is 11.8 Å².